The van der Waals surface area contributed by atoms with Gasteiger partial charge in [-0.2, -0.15) is 5.10 Å². The molecule has 0 atom stereocenters. The number of amides is 2. The van der Waals surface area contributed by atoms with E-state index in [0.717, 1.165) is 24.3 Å². The highest BCUT2D eigenvalue weighted by Gasteiger charge is 2.05. The molecule has 0 heterocycles. The Balaban J connectivity index is 1.91. The van der Waals surface area contributed by atoms with Crippen molar-refractivity contribution < 1.29 is 9.59 Å². The van der Waals surface area contributed by atoms with E-state index in [2.05, 4.69) is 34.6 Å². The first-order valence-electron chi connectivity index (χ1n) is 9.15. The van der Waals surface area contributed by atoms with Gasteiger partial charge in [0.1, 0.15) is 0 Å². The van der Waals surface area contributed by atoms with Gasteiger partial charge in [-0.15, -0.1) is 0 Å². The van der Waals surface area contributed by atoms with Crippen LogP contribution < -0.4 is 15.6 Å². The lowest BCUT2D eigenvalue weighted by molar-refractivity contribution is -0.115. The second-order valence-electron chi connectivity index (χ2n) is 5.94. The number of hydrazone groups is 1. The molecule has 6 nitrogen and oxygen atoms in total. The van der Waals surface area contributed by atoms with Crippen LogP contribution in [0.5, 0.6) is 0 Å². The molecule has 2 aromatic rings. The van der Waals surface area contributed by atoms with Crippen LogP contribution in [0.1, 0.15) is 43.1 Å². The number of nitrogens with zero attached hydrogens (tertiary/aromatic N) is 2. The molecule has 2 amide bonds. The predicted molar refractivity (Wildman–Crippen MR) is 110 cm³/mol. The van der Waals surface area contributed by atoms with Gasteiger partial charge < -0.3 is 10.2 Å². The second kappa shape index (κ2) is 10.1. The van der Waals surface area contributed by atoms with Gasteiger partial charge in [-0.25, -0.2) is 5.43 Å². The summed E-state index contributed by atoms with van der Waals surface area (Å²) in [6.07, 6.45) is 2.02. The molecular weight excluding hydrogens is 340 g/mol. The third-order valence-electron chi connectivity index (χ3n) is 4.15. The quantitative estimate of drug-likeness (QED) is 0.553. The molecule has 0 aromatic heterocycles. The fraction of sp³-hybridized carbons (Fsp3) is 0.286. The Hall–Kier alpha value is -3.15. The van der Waals surface area contributed by atoms with E-state index in [1.54, 1.807) is 37.4 Å². The van der Waals surface area contributed by atoms with Gasteiger partial charge in [0.2, 0.25) is 5.91 Å². The Labute approximate surface area is 160 Å². The molecule has 0 aliphatic carbocycles. The van der Waals surface area contributed by atoms with Gasteiger partial charge in [0, 0.05) is 36.4 Å². The minimum Gasteiger partial charge on any atom is -0.372 e. The molecule has 6 heteroatoms. The Kier molecular flexibility index (Phi) is 7.55. The zero-order valence-corrected chi connectivity index (χ0v) is 16.0. The topological polar surface area (TPSA) is 73.8 Å². The zero-order valence-electron chi connectivity index (χ0n) is 16.0. The van der Waals surface area contributed by atoms with Crippen molar-refractivity contribution in [1.82, 2.24) is 5.43 Å². The number of anilines is 2. The minimum atomic E-state index is -0.306. The van der Waals surface area contributed by atoms with Crippen molar-refractivity contribution in [1.29, 1.82) is 0 Å². The average Bonchev–Trinajstić information content (AvgIpc) is 2.70. The lowest BCUT2D eigenvalue weighted by Gasteiger charge is -2.20. The summed E-state index contributed by atoms with van der Waals surface area (Å²) < 4.78 is 0. The van der Waals surface area contributed by atoms with Crippen molar-refractivity contribution in [2.24, 2.45) is 5.10 Å². The van der Waals surface area contributed by atoms with Gasteiger partial charge in [0.15, 0.2) is 0 Å². The summed E-state index contributed by atoms with van der Waals surface area (Å²) in [6.45, 7) is 7.95. The summed E-state index contributed by atoms with van der Waals surface area (Å²) in [7, 11) is 0. The van der Waals surface area contributed by atoms with Gasteiger partial charge in [-0.05, 0) is 55.8 Å². The summed E-state index contributed by atoms with van der Waals surface area (Å²) in [5.74, 6) is -0.372. The standard InChI is InChI=1S/C21H26N4O2/c1-4-20(26)23-18-11-9-17(10-12-18)21(27)24-22-15-16-7-13-19(14-8-16)25(5-2)6-3/h7-15H,4-6H2,1-3H3,(H,23,26)(H,24,27)/b22-15+. The maximum Gasteiger partial charge on any atom is 0.271 e. The minimum absolute atomic E-state index is 0.0659. The van der Waals surface area contributed by atoms with Crippen molar-refractivity contribution in [3.63, 3.8) is 0 Å². The van der Waals surface area contributed by atoms with Crippen LogP contribution in [0.2, 0.25) is 0 Å². The fourth-order valence-electron chi connectivity index (χ4n) is 2.54. The molecule has 0 bridgehead atoms. The fourth-order valence-corrected chi connectivity index (χ4v) is 2.54. The van der Waals surface area contributed by atoms with Gasteiger partial charge >= 0.3 is 0 Å². The first-order valence-corrected chi connectivity index (χ1v) is 9.15. The van der Waals surface area contributed by atoms with E-state index in [4.69, 9.17) is 0 Å². The lowest BCUT2D eigenvalue weighted by Crippen LogP contribution is -2.21. The van der Waals surface area contributed by atoms with E-state index in [-0.39, 0.29) is 11.8 Å². The molecule has 0 unspecified atom stereocenters. The molecule has 2 N–H and O–H groups in total. The van der Waals surface area contributed by atoms with Gasteiger partial charge in [0.05, 0.1) is 6.21 Å². The maximum absolute atomic E-state index is 12.1. The summed E-state index contributed by atoms with van der Waals surface area (Å²) in [5.41, 5.74) is 5.71. The smallest absolute Gasteiger partial charge is 0.271 e. The predicted octanol–water partition coefficient (Wildman–Crippen LogP) is 3.65. The third kappa shape index (κ3) is 5.95. The van der Waals surface area contributed by atoms with Crippen LogP contribution in [0.15, 0.2) is 53.6 Å². The second-order valence-corrected chi connectivity index (χ2v) is 5.94. The van der Waals surface area contributed by atoms with Crippen molar-refractivity contribution in [3.8, 4) is 0 Å². The summed E-state index contributed by atoms with van der Waals surface area (Å²) >= 11 is 0. The Bertz CT molecular complexity index is 779. The van der Waals surface area contributed by atoms with Gasteiger partial charge in [0.25, 0.3) is 5.91 Å². The molecule has 2 aromatic carbocycles. The zero-order chi connectivity index (χ0) is 19.6. The van der Waals surface area contributed by atoms with Crippen LogP contribution in [0, 0.1) is 0 Å². The van der Waals surface area contributed by atoms with Crippen molar-refractivity contribution in [2.75, 3.05) is 23.3 Å². The highest BCUT2D eigenvalue weighted by molar-refractivity contribution is 5.96. The van der Waals surface area contributed by atoms with Crippen LogP contribution in [0.4, 0.5) is 11.4 Å². The van der Waals surface area contributed by atoms with Gasteiger partial charge in [-0.3, -0.25) is 9.59 Å². The van der Waals surface area contributed by atoms with Crippen LogP contribution in [0.25, 0.3) is 0 Å². The van der Waals surface area contributed by atoms with E-state index >= 15 is 0 Å². The number of nitrogens with one attached hydrogen (secondary N) is 2. The van der Waals surface area contributed by atoms with Crippen LogP contribution in [0.3, 0.4) is 0 Å². The van der Waals surface area contributed by atoms with Gasteiger partial charge in [-0.1, -0.05) is 19.1 Å². The Morgan fingerprint density at radius 1 is 0.963 bits per heavy atom. The number of carbonyl (C=O) groups is 2. The summed E-state index contributed by atoms with van der Waals surface area (Å²) in [6, 6.07) is 14.7. The van der Waals surface area contributed by atoms with Crippen molar-refractivity contribution >= 4 is 29.4 Å². The molecule has 2 rings (SSSR count). The normalized spacial score (nSPS) is 10.6. The third-order valence-corrected chi connectivity index (χ3v) is 4.15. The Morgan fingerprint density at radius 3 is 2.15 bits per heavy atom. The summed E-state index contributed by atoms with van der Waals surface area (Å²) in [4.78, 5) is 25.7. The number of rotatable bonds is 8. The van der Waals surface area contributed by atoms with E-state index in [1.807, 2.05) is 24.3 Å². The largest absolute Gasteiger partial charge is 0.372 e. The molecule has 0 aliphatic rings. The van der Waals surface area contributed by atoms with E-state index < -0.39 is 0 Å². The molecule has 0 saturated heterocycles. The summed E-state index contributed by atoms with van der Waals surface area (Å²) in [5, 5.41) is 6.75. The van der Waals surface area contributed by atoms with Crippen LogP contribution in [-0.2, 0) is 4.79 Å². The molecule has 0 aliphatic heterocycles. The monoisotopic (exact) mass is 366 g/mol. The number of hydrogen-bond acceptors (Lipinski definition) is 4. The highest BCUT2D eigenvalue weighted by Crippen LogP contribution is 2.14. The molecule has 0 fully saturated rings. The van der Waals surface area contributed by atoms with Crippen molar-refractivity contribution in [3.05, 3.63) is 59.7 Å². The van der Waals surface area contributed by atoms with Crippen LogP contribution in [-0.4, -0.2) is 31.1 Å². The number of hydrogen-bond donors (Lipinski definition) is 2. The van der Waals surface area contributed by atoms with E-state index in [0.29, 0.717) is 17.7 Å². The highest BCUT2D eigenvalue weighted by atomic mass is 16.2. The molecule has 0 saturated carbocycles. The number of carbonyl (C=O) groups excluding carboxylic acids is 2. The average molecular weight is 366 g/mol. The molecule has 142 valence electrons. The first kappa shape index (κ1) is 20.2. The maximum atomic E-state index is 12.1. The number of benzene rings is 2. The molecule has 27 heavy (non-hydrogen) atoms. The molecule has 0 spiro atoms. The van der Waals surface area contributed by atoms with Crippen LogP contribution >= 0.6 is 0 Å². The Morgan fingerprint density at radius 2 is 1.59 bits per heavy atom. The first-order chi connectivity index (χ1) is 13.1. The van der Waals surface area contributed by atoms with E-state index in [1.165, 1.54) is 0 Å². The SMILES string of the molecule is CCC(=O)Nc1ccc(C(=O)N/N=C/c2ccc(N(CC)CC)cc2)cc1. The molecular formula is C21H26N4O2. The van der Waals surface area contributed by atoms with Crippen molar-refractivity contribution in [2.45, 2.75) is 27.2 Å². The lowest BCUT2D eigenvalue weighted by atomic mass is 10.2. The molecule has 0 radical (unpaired) electrons. The van der Waals surface area contributed by atoms with E-state index in [9.17, 15) is 9.59 Å².